The van der Waals surface area contributed by atoms with Gasteiger partial charge in [0.25, 0.3) is 0 Å². The summed E-state index contributed by atoms with van der Waals surface area (Å²) < 4.78 is 2.43. The molecular weight excluding hydrogens is 474 g/mol. The number of piperazine rings is 1. The molecule has 0 radical (unpaired) electrons. The van der Waals surface area contributed by atoms with Crippen LogP contribution in [0.25, 0.3) is 11.0 Å². The Kier molecular flexibility index (Phi) is 5.84. The van der Waals surface area contributed by atoms with Gasteiger partial charge < -0.3 is 14.4 Å². The van der Waals surface area contributed by atoms with Crippen LogP contribution in [-0.4, -0.2) is 40.6 Å². The van der Waals surface area contributed by atoms with Crippen LogP contribution in [0.4, 0.5) is 17.1 Å². The maximum Gasteiger partial charge on any atom is 0.131 e. The first-order valence-electron chi connectivity index (χ1n) is 12.9. The predicted molar refractivity (Wildman–Crippen MR) is 153 cm³/mol. The van der Waals surface area contributed by atoms with Gasteiger partial charge in [0.05, 0.1) is 35.6 Å². The highest BCUT2D eigenvalue weighted by atomic mass is 32.2. The molecule has 2 aliphatic heterocycles. The third kappa shape index (κ3) is 4.26. The van der Waals surface area contributed by atoms with Crippen LogP contribution in [0.5, 0.6) is 0 Å². The van der Waals surface area contributed by atoms with Gasteiger partial charge in [0.15, 0.2) is 0 Å². The number of hydrogen-bond donors (Lipinski definition) is 0. The van der Waals surface area contributed by atoms with E-state index in [4.69, 9.17) is 4.98 Å². The Hall–Kier alpha value is -3.74. The standard InChI is InChI=1S/C31H29N5S/c1-2-10-24(11-3-1)34-20-18-33(19-21-34)23-36-26-13-5-4-12-25(26)32-31(36)22-35-27-14-6-8-16-29(27)37-30-17-9-7-15-28(30)35/h1-17H,18-23H2. The first kappa shape index (κ1) is 22.5. The average molecular weight is 504 g/mol. The van der Waals surface area contributed by atoms with Crippen LogP contribution in [0.15, 0.2) is 113 Å². The lowest BCUT2D eigenvalue weighted by Crippen LogP contribution is -2.47. The third-order valence-electron chi connectivity index (χ3n) is 7.40. The zero-order valence-corrected chi connectivity index (χ0v) is 21.5. The van der Waals surface area contributed by atoms with Crippen LogP contribution >= 0.6 is 11.8 Å². The Morgan fingerprint density at radius 2 is 1.27 bits per heavy atom. The molecule has 1 fully saturated rings. The van der Waals surface area contributed by atoms with Crippen LogP contribution in [0.1, 0.15) is 5.82 Å². The van der Waals surface area contributed by atoms with Crippen molar-refractivity contribution in [2.75, 3.05) is 36.0 Å². The zero-order valence-electron chi connectivity index (χ0n) is 20.7. The fourth-order valence-corrected chi connectivity index (χ4v) is 6.58. The molecule has 0 atom stereocenters. The van der Waals surface area contributed by atoms with E-state index in [1.807, 2.05) is 11.8 Å². The Morgan fingerprint density at radius 3 is 2.00 bits per heavy atom. The fourth-order valence-electron chi connectivity index (χ4n) is 5.48. The number of anilines is 3. The number of para-hydroxylation sites is 5. The Labute approximate surface area is 222 Å². The number of fused-ring (bicyclic) bond motifs is 3. The number of benzene rings is 4. The molecule has 5 aromatic rings. The minimum Gasteiger partial charge on any atom is -0.369 e. The highest BCUT2D eigenvalue weighted by Crippen LogP contribution is 2.48. The first-order chi connectivity index (χ1) is 18.3. The van der Waals surface area contributed by atoms with Crippen molar-refractivity contribution in [2.45, 2.75) is 23.0 Å². The number of nitrogens with zero attached hydrogens (tertiary/aromatic N) is 5. The van der Waals surface area contributed by atoms with Crippen molar-refractivity contribution >= 4 is 39.9 Å². The summed E-state index contributed by atoms with van der Waals surface area (Å²) in [5, 5.41) is 0. The predicted octanol–water partition coefficient (Wildman–Crippen LogP) is 6.62. The molecule has 0 bridgehead atoms. The van der Waals surface area contributed by atoms with E-state index in [-0.39, 0.29) is 0 Å². The minimum absolute atomic E-state index is 0.729. The molecule has 0 amide bonds. The van der Waals surface area contributed by atoms with Gasteiger partial charge in [0, 0.05) is 41.7 Å². The molecule has 184 valence electrons. The lowest BCUT2D eigenvalue weighted by Gasteiger charge is -2.37. The molecule has 37 heavy (non-hydrogen) atoms. The molecule has 4 aromatic carbocycles. The maximum atomic E-state index is 5.16. The number of imidazole rings is 1. The third-order valence-corrected chi connectivity index (χ3v) is 8.53. The van der Waals surface area contributed by atoms with Crippen molar-refractivity contribution in [3.8, 4) is 0 Å². The summed E-state index contributed by atoms with van der Waals surface area (Å²) in [5.41, 5.74) is 6.09. The molecule has 1 aromatic heterocycles. The topological polar surface area (TPSA) is 27.5 Å². The second-order valence-corrected chi connectivity index (χ2v) is 10.7. The van der Waals surface area contributed by atoms with Crippen LogP contribution < -0.4 is 9.80 Å². The molecule has 7 rings (SSSR count). The molecule has 0 N–H and O–H groups in total. The van der Waals surface area contributed by atoms with E-state index >= 15 is 0 Å². The summed E-state index contributed by atoms with van der Waals surface area (Å²) in [6.45, 7) is 5.73. The summed E-state index contributed by atoms with van der Waals surface area (Å²) >= 11 is 1.85. The SMILES string of the molecule is c1ccc(N2CCN(Cn3c(CN4c5ccccc5Sc5ccccc54)nc4ccccc43)CC2)cc1. The van der Waals surface area contributed by atoms with Gasteiger partial charge in [-0.05, 0) is 48.5 Å². The van der Waals surface area contributed by atoms with Crippen molar-refractivity contribution in [1.29, 1.82) is 0 Å². The minimum atomic E-state index is 0.729. The van der Waals surface area contributed by atoms with Crippen molar-refractivity contribution in [1.82, 2.24) is 14.5 Å². The zero-order chi connectivity index (χ0) is 24.6. The molecule has 5 nitrogen and oxygen atoms in total. The largest absolute Gasteiger partial charge is 0.369 e. The van der Waals surface area contributed by atoms with Crippen molar-refractivity contribution in [2.24, 2.45) is 0 Å². The summed E-state index contributed by atoms with van der Waals surface area (Å²) in [4.78, 5) is 15.2. The van der Waals surface area contributed by atoms with Gasteiger partial charge >= 0.3 is 0 Å². The second kappa shape index (κ2) is 9.61. The van der Waals surface area contributed by atoms with E-state index in [2.05, 4.69) is 122 Å². The smallest absolute Gasteiger partial charge is 0.131 e. The maximum absolute atomic E-state index is 5.16. The van der Waals surface area contributed by atoms with E-state index in [0.29, 0.717) is 0 Å². The van der Waals surface area contributed by atoms with Gasteiger partial charge in [-0.15, -0.1) is 0 Å². The van der Waals surface area contributed by atoms with Crippen LogP contribution in [0.3, 0.4) is 0 Å². The van der Waals surface area contributed by atoms with E-state index in [0.717, 1.165) is 50.7 Å². The summed E-state index contributed by atoms with van der Waals surface area (Å²) in [6, 6.07) is 36.7. The lowest BCUT2D eigenvalue weighted by atomic mass is 10.2. The van der Waals surface area contributed by atoms with Crippen molar-refractivity contribution < 1.29 is 0 Å². The van der Waals surface area contributed by atoms with E-state index < -0.39 is 0 Å². The number of aromatic nitrogens is 2. The molecule has 0 spiro atoms. The normalized spacial score (nSPS) is 15.6. The van der Waals surface area contributed by atoms with Gasteiger partial charge in [0.1, 0.15) is 5.82 Å². The summed E-state index contributed by atoms with van der Waals surface area (Å²) in [7, 11) is 0. The van der Waals surface area contributed by atoms with Crippen molar-refractivity contribution in [3.05, 3.63) is 109 Å². The molecule has 6 heteroatoms. The van der Waals surface area contributed by atoms with Crippen molar-refractivity contribution in [3.63, 3.8) is 0 Å². The van der Waals surface area contributed by atoms with Gasteiger partial charge in [-0.2, -0.15) is 0 Å². The molecule has 1 saturated heterocycles. The average Bonchev–Trinajstić information content (AvgIpc) is 3.30. The van der Waals surface area contributed by atoms with E-state index in [9.17, 15) is 0 Å². The Morgan fingerprint density at radius 1 is 0.649 bits per heavy atom. The van der Waals surface area contributed by atoms with E-state index in [1.165, 1.54) is 32.4 Å². The van der Waals surface area contributed by atoms with Gasteiger partial charge in [0.2, 0.25) is 0 Å². The number of rotatable bonds is 5. The molecular formula is C31H29N5S. The molecule has 3 heterocycles. The van der Waals surface area contributed by atoms with Gasteiger partial charge in [-0.25, -0.2) is 4.98 Å². The highest BCUT2D eigenvalue weighted by molar-refractivity contribution is 7.99. The molecule has 0 unspecified atom stereocenters. The van der Waals surface area contributed by atoms with Crippen LogP contribution in [0, 0.1) is 0 Å². The highest BCUT2D eigenvalue weighted by Gasteiger charge is 2.26. The molecule has 0 saturated carbocycles. The quantitative estimate of drug-likeness (QED) is 0.269. The summed E-state index contributed by atoms with van der Waals surface area (Å²) in [5.74, 6) is 1.10. The molecule has 2 aliphatic rings. The van der Waals surface area contributed by atoms with Crippen LogP contribution in [-0.2, 0) is 13.2 Å². The van der Waals surface area contributed by atoms with Gasteiger partial charge in [-0.1, -0.05) is 66.4 Å². The van der Waals surface area contributed by atoms with Gasteiger partial charge in [-0.3, -0.25) is 4.90 Å². The Balaban J connectivity index is 1.20. The Bertz CT molecular complexity index is 1490. The first-order valence-corrected chi connectivity index (χ1v) is 13.7. The molecule has 0 aliphatic carbocycles. The number of hydrogen-bond acceptors (Lipinski definition) is 5. The monoisotopic (exact) mass is 503 g/mol. The fraction of sp³-hybridized carbons (Fsp3) is 0.194. The van der Waals surface area contributed by atoms with Crippen LogP contribution in [0.2, 0.25) is 0 Å². The summed E-state index contributed by atoms with van der Waals surface area (Å²) in [6.07, 6.45) is 0. The van der Waals surface area contributed by atoms with E-state index in [1.54, 1.807) is 0 Å². The lowest BCUT2D eigenvalue weighted by molar-refractivity contribution is 0.206. The second-order valence-electron chi connectivity index (χ2n) is 9.65.